The van der Waals surface area contributed by atoms with Gasteiger partial charge in [-0.25, -0.2) is 9.50 Å². The first kappa shape index (κ1) is 15.5. The molecule has 0 spiro atoms. The molecule has 0 N–H and O–H groups in total. The molecule has 0 radical (unpaired) electrons. The van der Waals surface area contributed by atoms with E-state index >= 15 is 0 Å². The number of nitrogens with zero attached hydrogens (tertiary/aromatic N) is 6. The van der Waals surface area contributed by atoms with Gasteiger partial charge in [0.15, 0.2) is 5.65 Å². The largest absolute Gasteiger partial charge is 0.337 e. The fraction of sp³-hybridized carbons (Fsp3) is 0.176. The summed E-state index contributed by atoms with van der Waals surface area (Å²) in [6, 6.07) is 5.92. The maximum absolute atomic E-state index is 12.8. The van der Waals surface area contributed by atoms with E-state index < -0.39 is 0 Å². The molecule has 1 amide bonds. The van der Waals surface area contributed by atoms with Crippen molar-refractivity contribution >= 4 is 22.9 Å². The van der Waals surface area contributed by atoms with Gasteiger partial charge in [-0.2, -0.15) is 10.2 Å². The van der Waals surface area contributed by atoms with Crippen LogP contribution in [0.1, 0.15) is 15.9 Å². The highest BCUT2D eigenvalue weighted by Gasteiger charge is 2.20. The first-order valence-electron chi connectivity index (χ1n) is 7.73. The molecule has 0 aromatic carbocycles. The van der Waals surface area contributed by atoms with Gasteiger partial charge in [0.05, 0.1) is 23.0 Å². The van der Waals surface area contributed by atoms with E-state index in [4.69, 9.17) is 0 Å². The number of hydrogen-bond donors (Lipinski definition) is 0. The van der Waals surface area contributed by atoms with Crippen LogP contribution in [0, 0.1) is 0 Å². The SMILES string of the molecule is CN(Cc1cnn(C)c1)C(=O)c1cnn2c(-c3cccs3)ccnc12. The standard InChI is InChI=1S/C17H16N6OS/c1-21(10-12-8-19-22(2)11-12)17(24)13-9-20-23-14(5-6-18-16(13)23)15-4-3-7-25-15/h3-9,11H,10H2,1-2H3. The molecule has 0 saturated carbocycles. The van der Waals surface area contributed by atoms with E-state index in [1.165, 1.54) is 0 Å². The minimum Gasteiger partial charge on any atom is -0.337 e. The topological polar surface area (TPSA) is 68.3 Å². The van der Waals surface area contributed by atoms with Gasteiger partial charge < -0.3 is 4.90 Å². The molecule has 4 heterocycles. The van der Waals surface area contributed by atoms with Crippen molar-refractivity contribution in [1.82, 2.24) is 29.3 Å². The Labute approximate surface area is 148 Å². The molecular weight excluding hydrogens is 336 g/mol. The van der Waals surface area contributed by atoms with Crippen LogP contribution in [0.15, 0.2) is 48.4 Å². The van der Waals surface area contributed by atoms with E-state index in [0.29, 0.717) is 17.8 Å². The number of amides is 1. The molecule has 7 nitrogen and oxygen atoms in total. The Morgan fingerprint density at radius 3 is 2.88 bits per heavy atom. The van der Waals surface area contributed by atoms with Crippen molar-refractivity contribution in [2.75, 3.05) is 7.05 Å². The van der Waals surface area contributed by atoms with E-state index in [2.05, 4.69) is 15.2 Å². The molecule has 0 bridgehead atoms. The Hall–Kier alpha value is -3.00. The number of rotatable bonds is 4. The van der Waals surface area contributed by atoms with Crippen LogP contribution in [0.2, 0.25) is 0 Å². The van der Waals surface area contributed by atoms with Crippen LogP contribution in [0.5, 0.6) is 0 Å². The van der Waals surface area contributed by atoms with Gasteiger partial charge in [0, 0.05) is 38.6 Å². The lowest BCUT2D eigenvalue weighted by molar-refractivity contribution is 0.0787. The molecule has 0 aliphatic heterocycles. The highest BCUT2D eigenvalue weighted by Crippen LogP contribution is 2.25. The maximum Gasteiger partial charge on any atom is 0.259 e. The summed E-state index contributed by atoms with van der Waals surface area (Å²) >= 11 is 1.63. The Bertz CT molecular complexity index is 1030. The van der Waals surface area contributed by atoms with Crippen molar-refractivity contribution in [3.63, 3.8) is 0 Å². The zero-order valence-corrected chi connectivity index (χ0v) is 14.6. The molecule has 8 heteroatoms. The van der Waals surface area contributed by atoms with Crippen LogP contribution in [0.3, 0.4) is 0 Å². The van der Waals surface area contributed by atoms with Gasteiger partial charge in [-0.05, 0) is 17.5 Å². The predicted molar refractivity (Wildman–Crippen MR) is 95.3 cm³/mol. The fourth-order valence-corrected chi connectivity index (χ4v) is 3.49. The van der Waals surface area contributed by atoms with Crippen molar-refractivity contribution in [3.8, 4) is 10.6 Å². The average Bonchev–Trinajstić information content (AvgIpc) is 3.34. The van der Waals surface area contributed by atoms with Crippen LogP contribution in [-0.4, -0.2) is 42.2 Å². The van der Waals surface area contributed by atoms with Gasteiger partial charge in [0.2, 0.25) is 0 Å². The first-order valence-corrected chi connectivity index (χ1v) is 8.61. The van der Waals surface area contributed by atoms with Crippen LogP contribution in [0.25, 0.3) is 16.2 Å². The molecule has 0 aliphatic carbocycles. The third-order valence-corrected chi connectivity index (χ3v) is 4.82. The van der Waals surface area contributed by atoms with Gasteiger partial charge in [-0.15, -0.1) is 11.3 Å². The number of aromatic nitrogens is 5. The molecule has 4 aromatic rings. The summed E-state index contributed by atoms with van der Waals surface area (Å²) in [7, 11) is 3.62. The number of fused-ring (bicyclic) bond motifs is 1. The molecule has 0 unspecified atom stereocenters. The molecule has 4 aromatic heterocycles. The van der Waals surface area contributed by atoms with E-state index in [9.17, 15) is 4.79 Å². The third-order valence-electron chi connectivity index (χ3n) is 3.93. The van der Waals surface area contributed by atoms with Crippen molar-refractivity contribution in [3.05, 3.63) is 59.5 Å². The highest BCUT2D eigenvalue weighted by molar-refractivity contribution is 7.13. The summed E-state index contributed by atoms with van der Waals surface area (Å²) in [6.07, 6.45) is 6.95. The molecular formula is C17H16N6OS. The second kappa shape index (κ2) is 6.14. The van der Waals surface area contributed by atoms with Crippen molar-refractivity contribution < 1.29 is 4.79 Å². The van der Waals surface area contributed by atoms with Gasteiger partial charge in [0.1, 0.15) is 5.56 Å². The third kappa shape index (κ3) is 2.80. The monoisotopic (exact) mass is 352 g/mol. The van der Waals surface area contributed by atoms with E-state index in [1.807, 2.05) is 36.8 Å². The maximum atomic E-state index is 12.8. The van der Waals surface area contributed by atoms with Gasteiger partial charge >= 0.3 is 0 Å². The van der Waals surface area contributed by atoms with Crippen molar-refractivity contribution in [2.45, 2.75) is 6.54 Å². The predicted octanol–water partition coefficient (Wildman–Crippen LogP) is 2.46. The number of hydrogen-bond acceptors (Lipinski definition) is 5. The molecule has 0 aliphatic rings. The van der Waals surface area contributed by atoms with Crippen LogP contribution >= 0.6 is 11.3 Å². The normalized spacial score (nSPS) is 11.1. The molecule has 126 valence electrons. The minimum atomic E-state index is -0.116. The number of thiophene rings is 1. The summed E-state index contributed by atoms with van der Waals surface area (Å²) in [5.41, 5.74) is 2.95. The Morgan fingerprint density at radius 2 is 2.16 bits per heavy atom. The quantitative estimate of drug-likeness (QED) is 0.566. The lowest BCUT2D eigenvalue weighted by Crippen LogP contribution is -2.26. The highest BCUT2D eigenvalue weighted by atomic mass is 32.1. The Kier molecular flexibility index (Phi) is 3.81. The van der Waals surface area contributed by atoms with Crippen molar-refractivity contribution in [1.29, 1.82) is 0 Å². The van der Waals surface area contributed by atoms with Gasteiger partial charge in [-0.3, -0.25) is 9.48 Å². The summed E-state index contributed by atoms with van der Waals surface area (Å²) in [5.74, 6) is -0.116. The second-order valence-electron chi connectivity index (χ2n) is 5.78. The molecule has 0 atom stereocenters. The fourth-order valence-electron chi connectivity index (χ4n) is 2.76. The lowest BCUT2D eigenvalue weighted by atomic mass is 10.2. The van der Waals surface area contributed by atoms with Crippen molar-refractivity contribution in [2.24, 2.45) is 7.05 Å². The van der Waals surface area contributed by atoms with Gasteiger partial charge in [0.25, 0.3) is 5.91 Å². The summed E-state index contributed by atoms with van der Waals surface area (Å²) in [4.78, 5) is 19.9. The zero-order valence-electron chi connectivity index (χ0n) is 13.8. The molecule has 4 rings (SSSR count). The number of carbonyl (C=O) groups excluding carboxylic acids is 1. The zero-order chi connectivity index (χ0) is 17.4. The van der Waals surface area contributed by atoms with E-state index in [1.54, 1.807) is 51.1 Å². The first-order chi connectivity index (χ1) is 12.1. The second-order valence-corrected chi connectivity index (χ2v) is 6.73. The number of aryl methyl sites for hydroxylation is 1. The minimum absolute atomic E-state index is 0.116. The summed E-state index contributed by atoms with van der Waals surface area (Å²) in [6.45, 7) is 0.481. The van der Waals surface area contributed by atoms with E-state index in [0.717, 1.165) is 16.1 Å². The Balaban J connectivity index is 1.67. The van der Waals surface area contributed by atoms with Gasteiger partial charge in [-0.1, -0.05) is 6.07 Å². The smallest absolute Gasteiger partial charge is 0.259 e. The Morgan fingerprint density at radius 1 is 1.28 bits per heavy atom. The van der Waals surface area contributed by atoms with Crippen LogP contribution < -0.4 is 0 Å². The average molecular weight is 352 g/mol. The molecule has 0 saturated heterocycles. The van der Waals surface area contributed by atoms with Crippen LogP contribution in [0.4, 0.5) is 0 Å². The van der Waals surface area contributed by atoms with Crippen LogP contribution in [-0.2, 0) is 13.6 Å². The molecule has 0 fully saturated rings. The summed E-state index contributed by atoms with van der Waals surface area (Å²) in [5, 5.41) is 10.5. The van der Waals surface area contributed by atoms with E-state index in [-0.39, 0.29) is 5.91 Å². The molecule has 25 heavy (non-hydrogen) atoms. The number of carbonyl (C=O) groups is 1. The summed E-state index contributed by atoms with van der Waals surface area (Å²) < 4.78 is 3.44. The lowest BCUT2D eigenvalue weighted by Gasteiger charge is -2.15.